The molecule has 1 aliphatic carbocycles. The highest BCUT2D eigenvalue weighted by molar-refractivity contribution is 5.35. The molecule has 0 saturated carbocycles. The first kappa shape index (κ1) is 8.25. The van der Waals surface area contributed by atoms with Crippen molar-refractivity contribution in [1.29, 1.82) is 0 Å². The van der Waals surface area contributed by atoms with Crippen LogP contribution in [-0.2, 0) is 0 Å². The van der Waals surface area contributed by atoms with Crippen LogP contribution in [0.4, 0.5) is 0 Å². The Morgan fingerprint density at radius 3 is 2.91 bits per heavy atom. The van der Waals surface area contributed by atoms with Gasteiger partial charge in [-0.3, -0.25) is 4.99 Å². The summed E-state index contributed by atoms with van der Waals surface area (Å²) in [5, 5.41) is 0. The fourth-order valence-corrected chi connectivity index (χ4v) is 1.50. The van der Waals surface area contributed by atoms with Gasteiger partial charge in [-0.05, 0) is 37.5 Å². The number of nitrogens with zero attached hydrogens (tertiary/aromatic N) is 1. The van der Waals surface area contributed by atoms with E-state index in [1.165, 1.54) is 12.0 Å². The molecule has 0 N–H and O–H groups in total. The molecule has 1 nitrogen and oxygen atoms in total. The van der Waals surface area contributed by atoms with E-state index in [-0.39, 0.29) is 0 Å². The lowest BCUT2D eigenvalue weighted by molar-refractivity contribution is 0.498. The van der Waals surface area contributed by atoms with E-state index < -0.39 is 0 Å². The molecule has 0 amide bonds. The Bertz CT molecular complexity index is 201. The van der Waals surface area contributed by atoms with Gasteiger partial charge in [0.25, 0.3) is 0 Å². The molecule has 11 heavy (non-hydrogen) atoms. The van der Waals surface area contributed by atoms with Gasteiger partial charge in [0, 0.05) is 5.70 Å². The van der Waals surface area contributed by atoms with Gasteiger partial charge in [0.2, 0.25) is 0 Å². The van der Waals surface area contributed by atoms with Gasteiger partial charge in [0.05, 0.1) is 0 Å². The summed E-state index contributed by atoms with van der Waals surface area (Å²) in [4.78, 5) is 4.01. The first-order chi connectivity index (χ1) is 5.27. The molecule has 1 aliphatic rings. The number of rotatable bonds is 2. The lowest BCUT2D eigenvalue weighted by Crippen LogP contribution is -2.05. The van der Waals surface area contributed by atoms with Crippen molar-refractivity contribution in [2.75, 3.05) is 0 Å². The second-order valence-corrected chi connectivity index (χ2v) is 3.18. The molecule has 0 aromatic rings. The third-order valence-electron chi connectivity index (χ3n) is 2.26. The Labute approximate surface area is 68.5 Å². The normalized spacial score (nSPS) is 25.0. The van der Waals surface area contributed by atoms with E-state index in [0.717, 1.165) is 24.5 Å². The summed E-state index contributed by atoms with van der Waals surface area (Å²) in [5.41, 5.74) is 2.44. The third-order valence-corrected chi connectivity index (χ3v) is 2.26. The molecule has 60 valence electrons. The van der Waals surface area contributed by atoms with Crippen molar-refractivity contribution in [1.82, 2.24) is 0 Å². The van der Waals surface area contributed by atoms with Gasteiger partial charge in [-0.1, -0.05) is 19.6 Å². The van der Waals surface area contributed by atoms with Gasteiger partial charge < -0.3 is 0 Å². The van der Waals surface area contributed by atoms with Crippen LogP contribution in [0.1, 0.15) is 26.2 Å². The van der Waals surface area contributed by atoms with Crippen LogP contribution in [-0.4, -0.2) is 6.72 Å². The molecule has 0 aromatic carbocycles. The molecule has 0 aromatic heterocycles. The number of hydrogen-bond donors (Lipinski definition) is 0. The SMILES string of the molecule is C=CC1=C(N=C)CC(C)CC1. The predicted molar refractivity (Wildman–Crippen MR) is 49.8 cm³/mol. The quantitative estimate of drug-likeness (QED) is 0.535. The Kier molecular flexibility index (Phi) is 2.64. The van der Waals surface area contributed by atoms with Crippen LogP contribution in [0.2, 0.25) is 0 Å². The molecule has 1 heteroatoms. The van der Waals surface area contributed by atoms with E-state index in [2.05, 4.69) is 25.2 Å². The van der Waals surface area contributed by atoms with Crippen molar-refractivity contribution < 1.29 is 0 Å². The monoisotopic (exact) mass is 149 g/mol. The van der Waals surface area contributed by atoms with Gasteiger partial charge in [0.15, 0.2) is 0 Å². The zero-order chi connectivity index (χ0) is 8.27. The minimum absolute atomic E-state index is 0.763. The maximum absolute atomic E-state index is 4.01. The number of allylic oxidation sites excluding steroid dienone is 3. The van der Waals surface area contributed by atoms with Crippen molar-refractivity contribution in [2.45, 2.75) is 26.2 Å². The smallest absolute Gasteiger partial charge is 0.0430 e. The molecule has 0 spiro atoms. The summed E-state index contributed by atoms with van der Waals surface area (Å²) in [7, 11) is 0. The van der Waals surface area contributed by atoms with E-state index in [0.29, 0.717) is 0 Å². The molecule has 0 bridgehead atoms. The summed E-state index contributed by atoms with van der Waals surface area (Å²) in [6.07, 6.45) is 5.38. The first-order valence-corrected chi connectivity index (χ1v) is 4.09. The molecule has 1 rings (SSSR count). The summed E-state index contributed by atoms with van der Waals surface area (Å²) < 4.78 is 0. The van der Waals surface area contributed by atoms with E-state index >= 15 is 0 Å². The van der Waals surface area contributed by atoms with Crippen LogP contribution >= 0.6 is 0 Å². The number of aliphatic imine (C=N–C) groups is 1. The molecule has 1 atom stereocenters. The Morgan fingerprint density at radius 1 is 1.64 bits per heavy atom. The molecule has 0 saturated heterocycles. The van der Waals surface area contributed by atoms with Crippen LogP contribution in [0.15, 0.2) is 28.9 Å². The Hall–Kier alpha value is -0.850. The van der Waals surface area contributed by atoms with Crippen molar-refractivity contribution in [3.63, 3.8) is 0 Å². The molecule has 0 heterocycles. The van der Waals surface area contributed by atoms with Crippen LogP contribution in [0, 0.1) is 5.92 Å². The minimum Gasteiger partial charge on any atom is -0.269 e. The minimum atomic E-state index is 0.763. The van der Waals surface area contributed by atoms with Crippen LogP contribution in [0.5, 0.6) is 0 Å². The van der Waals surface area contributed by atoms with Gasteiger partial charge in [-0.15, -0.1) is 0 Å². The highest BCUT2D eigenvalue weighted by Gasteiger charge is 2.14. The first-order valence-electron chi connectivity index (χ1n) is 4.09. The summed E-state index contributed by atoms with van der Waals surface area (Å²) in [6, 6.07) is 0. The molecular formula is C10H15N. The maximum Gasteiger partial charge on any atom is 0.0430 e. The Balaban J connectivity index is 2.82. The van der Waals surface area contributed by atoms with Crippen LogP contribution < -0.4 is 0 Å². The van der Waals surface area contributed by atoms with E-state index in [1.807, 2.05) is 6.08 Å². The molecule has 1 unspecified atom stereocenters. The van der Waals surface area contributed by atoms with Crippen molar-refractivity contribution in [3.05, 3.63) is 23.9 Å². The topological polar surface area (TPSA) is 12.4 Å². The third kappa shape index (κ3) is 1.79. The van der Waals surface area contributed by atoms with E-state index in [4.69, 9.17) is 0 Å². The maximum atomic E-state index is 4.01. The standard InChI is InChI=1S/C10H15N/c1-4-9-6-5-8(2)7-10(9)11-3/h4,8H,1,3,5-7H2,2H3. The second kappa shape index (κ2) is 3.51. The van der Waals surface area contributed by atoms with Crippen molar-refractivity contribution in [2.24, 2.45) is 10.9 Å². The van der Waals surface area contributed by atoms with Gasteiger partial charge in [0.1, 0.15) is 0 Å². The van der Waals surface area contributed by atoms with E-state index in [1.54, 1.807) is 0 Å². The lowest BCUT2D eigenvalue weighted by Gasteiger charge is -2.19. The molecule has 0 radical (unpaired) electrons. The Morgan fingerprint density at radius 2 is 2.36 bits per heavy atom. The fourth-order valence-electron chi connectivity index (χ4n) is 1.50. The highest BCUT2D eigenvalue weighted by atomic mass is 14.7. The van der Waals surface area contributed by atoms with Crippen LogP contribution in [0.25, 0.3) is 0 Å². The van der Waals surface area contributed by atoms with Gasteiger partial charge in [-0.2, -0.15) is 0 Å². The fraction of sp³-hybridized carbons (Fsp3) is 0.500. The van der Waals surface area contributed by atoms with Crippen molar-refractivity contribution >= 4 is 6.72 Å². The van der Waals surface area contributed by atoms with Crippen molar-refractivity contribution in [3.8, 4) is 0 Å². The van der Waals surface area contributed by atoms with E-state index in [9.17, 15) is 0 Å². The largest absolute Gasteiger partial charge is 0.269 e. The number of hydrogen-bond acceptors (Lipinski definition) is 1. The molecule has 0 aliphatic heterocycles. The summed E-state index contributed by atoms with van der Waals surface area (Å²) >= 11 is 0. The average molecular weight is 149 g/mol. The average Bonchev–Trinajstić information content (AvgIpc) is 2.04. The summed E-state index contributed by atoms with van der Waals surface area (Å²) in [6.45, 7) is 9.58. The summed E-state index contributed by atoms with van der Waals surface area (Å²) in [5.74, 6) is 0.763. The van der Waals surface area contributed by atoms with Gasteiger partial charge in [-0.25, -0.2) is 0 Å². The van der Waals surface area contributed by atoms with Gasteiger partial charge >= 0.3 is 0 Å². The van der Waals surface area contributed by atoms with Crippen LogP contribution in [0.3, 0.4) is 0 Å². The highest BCUT2D eigenvalue weighted by Crippen LogP contribution is 2.29. The zero-order valence-corrected chi connectivity index (χ0v) is 7.14. The molecular weight excluding hydrogens is 134 g/mol. The second-order valence-electron chi connectivity index (χ2n) is 3.18. The lowest BCUT2D eigenvalue weighted by atomic mass is 9.89. The molecule has 0 fully saturated rings. The predicted octanol–water partition coefficient (Wildman–Crippen LogP) is 2.95. The zero-order valence-electron chi connectivity index (χ0n) is 7.14.